The smallest absolute Gasteiger partial charge is 0.372 e. The number of oxime groups is 1. The zero-order chi connectivity index (χ0) is 27.9. The number of hydrogen-bond acceptors (Lipinski definition) is 5. The fourth-order valence-electron chi connectivity index (χ4n) is 4.49. The van der Waals surface area contributed by atoms with Crippen LogP contribution in [0.25, 0.3) is 0 Å². The molecule has 0 radical (unpaired) electrons. The Morgan fingerprint density at radius 2 is 1.72 bits per heavy atom. The first-order chi connectivity index (χ1) is 18.5. The molecule has 2 atom stereocenters. The summed E-state index contributed by atoms with van der Waals surface area (Å²) in [5.74, 6) is -1.39. The summed E-state index contributed by atoms with van der Waals surface area (Å²) in [6.45, 7) is 0.406. The maximum atomic E-state index is 14.3. The molecule has 0 aromatic heterocycles. The molecule has 204 valence electrons. The van der Waals surface area contributed by atoms with Crippen LogP contribution in [-0.4, -0.2) is 27.0 Å². The van der Waals surface area contributed by atoms with Gasteiger partial charge in [0.05, 0.1) is 22.2 Å². The molecule has 1 N–H and O–H groups in total. The maximum absolute atomic E-state index is 14.3. The van der Waals surface area contributed by atoms with E-state index >= 15 is 0 Å². The lowest BCUT2D eigenvalue weighted by Crippen LogP contribution is -2.44. The van der Waals surface area contributed by atoms with Gasteiger partial charge in [0.25, 0.3) is 11.5 Å². The van der Waals surface area contributed by atoms with Crippen molar-refractivity contribution in [2.45, 2.75) is 37.0 Å². The van der Waals surface area contributed by atoms with Gasteiger partial charge in [-0.25, -0.2) is 8.60 Å². The third-order valence-electron chi connectivity index (χ3n) is 6.52. The first-order valence-electron chi connectivity index (χ1n) is 11.5. The molecule has 39 heavy (non-hydrogen) atoms. The molecular weight excluding hydrogens is 581 g/mol. The van der Waals surface area contributed by atoms with Crippen molar-refractivity contribution in [3.05, 3.63) is 104 Å². The number of benzene rings is 3. The van der Waals surface area contributed by atoms with Gasteiger partial charge in [-0.15, -0.1) is 0 Å². The normalized spacial score (nSPS) is 19.3. The summed E-state index contributed by atoms with van der Waals surface area (Å²) in [6.07, 6.45) is -5.61. The van der Waals surface area contributed by atoms with E-state index in [-0.39, 0.29) is 30.2 Å². The summed E-state index contributed by atoms with van der Waals surface area (Å²) in [7, 11) is -1.64. The van der Waals surface area contributed by atoms with Crippen LogP contribution < -0.4 is 4.72 Å². The van der Waals surface area contributed by atoms with E-state index in [0.29, 0.717) is 5.56 Å². The number of carbonyl (C=O) groups excluding carboxylic acids is 1. The van der Waals surface area contributed by atoms with Gasteiger partial charge < -0.3 is 9.74 Å². The number of alkyl halides is 3. The number of fused-ring (bicyclic) bond motifs is 1. The molecule has 13 heteroatoms. The average Bonchev–Trinajstić information content (AvgIpc) is 3.52. The molecule has 2 aliphatic heterocycles. The van der Waals surface area contributed by atoms with Crippen LogP contribution in [0, 0.1) is 5.82 Å². The Hall–Kier alpha value is -3.15. The molecule has 0 spiro atoms. The van der Waals surface area contributed by atoms with Gasteiger partial charge >= 0.3 is 6.18 Å². The number of halogens is 6. The number of nitrogens with zero attached hydrogens (tertiary/aromatic N) is 2. The zero-order valence-electron chi connectivity index (χ0n) is 19.9. The molecule has 2 heterocycles. The lowest BCUT2D eigenvalue weighted by molar-refractivity contribution is -0.275. The quantitative estimate of drug-likeness (QED) is 0.279. The molecule has 0 aliphatic carbocycles. The molecule has 0 saturated carbocycles. The molecule has 0 bridgehead atoms. The number of amidine groups is 1. The van der Waals surface area contributed by atoms with E-state index in [1.165, 1.54) is 0 Å². The minimum Gasteiger partial charge on any atom is -0.372 e. The Kier molecular flexibility index (Phi) is 7.34. The summed E-state index contributed by atoms with van der Waals surface area (Å²) >= 11 is 11.5. The van der Waals surface area contributed by atoms with E-state index in [4.69, 9.17) is 28.0 Å². The first-order valence-corrected chi connectivity index (χ1v) is 13.6. The molecular formula is C26H19Cl2F4N3O3S. The highest BCUT2D eigenvalue weighted by Crippen LogP contribution is 2.50. The summed E-state index contributed by atoms with van der Waals surface area (Å²) in [6, 6.07) is 15.6. The Morgan fingerprint density at radius 1 is 1.05 bits per heavy atom. The largest absolute Gasteiger partial charge is 0.435 e. The van der Waals surface area contributed by atoms with Crippen molar-refractivity contribution in [3.63, 3.8) is 0 Å². The summed E-state index contributed by atoms with van der Waals surface area (Å²) in [5, 5.41) is 2.60. The maximum Gasteiger partial charge on any atom is 0.435 e. The van der Waals surface area contributed by atoms with Crippen molar-refractivity contribution in [1.29, 1.82) is 0 Å². The van der Waals surface area contributed by atoms with Gasteiger partial charge in [-0.3, -0.25) is 9.52 Å². The highest BCUT2D eigenvalue weighted by atomic mass is 35.5. The third kappa shape index (κ3) is 5.35. The second-order valence-corrected chi connectivity index (χ2v) is 11.1. The minimum atomic E-state index is -4.92. The standard InChI is InChI=1S/C26H19Cl2F4N3O3S/c27-20-9-19(10-21(28)23(20)29)25(26(30,31)32)11-22(33-38-25)35-12-17-7-6-16(8-18(17)13-35)24(36)34-39(37)14-15-4-2-1-3-5-15/h1-10H,11-14H2,(H,34,36). The first kappa shape index (κ1) is 27.4. The van der Waals surface area contributed by atoms with Gasteiger partial charge in [0, 0.05) is 24.2 Å². The fourth-order valence-corrected chi connectivity index (χ4v) is 5.87. The van der Waals surface area contributed by atoms with E-state index in [0.717, 1.165) is 23.3 Å². The molecule has 2 unspecified atom stereocenters. The van der Waals surface area contributed by atoms with Crippen LogP contribution in [-0.2, 0) is 40.3 Å². The Balaban J connectivity index is 1.30. The molecule has 0 fully saturated rings. The molecule has 5 rings (SSSR count). The van der Waals surface area contributed by atoms with Gasteiger partial charge in [-0.05, 0) is 41.0 Å². The van der Waals surface area contributed by atoms with E-state index in [1.54, 1.807) is 35.2 Å². The fraction of sp³-hybridized carbons (Fsp3) is 0.231. The second-order valence-electron chi connectivity index (χ2n) is 9.10. The molecule has 3 aromatic rings. The van der Waals surface area contributed by atoms with Crippen LogP contribution in [0.1, 0.15) is 39.0 Å². The van der Waals surface area contributed by atoms with Crippen molar-refractivity contribution in [2.75, 3.05) is 0 Å². The number of nitrogens with one attached hydrogen (secondary N) is 1. The SMILES string of the molecule is O=C(NS(=O)Cc1ccccc1)c1ccc2c(c1)CN(C1=NOC(c3cc(Cl)c(F)c(Cl)c3)(C(F)(F)F)C1)C2. The van der Waals surface area contributed by atoms with Gasteiger partial charge in [-0.1, -0.05) is 64.8 Å². The average molecular weight is 600 g/mol. The Morgan fingerprint density at radius 3 is 2.38 bits per heavy atom. The summed E-state index contributed by atoms with van der Waals surface area (Å²) < 4.78 is 71.7. The monoisotopic (exact) mass is 599 g/mol. The number of hydrogen-bond donors (Lipinski definition) is 1. The van der Waals surface area contributed by atoms with E-state index < -0.39 is 56.5 Å². The Labute approximate surface area is 233 Å². The van der Waals surface area contributed by atoms with E-state index in [9.17, 15) is 26.6 Å². The number of rotatable bonds is 5. The lowest BCUT2D eigenvalue weighted by atomic mass is 9.89. The molecule has 2 aliphatic rings. The van der Waals surface area contributed by atoms with Crippen molar-refractivity contribution in [1.82, 2.24) is 9.62 Å². The highest BCUT2D eigenvalue weighted by Gasteiger charge is 2.63. The van der Waals surface area contributed by atoms with Crippen LogP contribution >= 0.6 is 23.2 Å². The summed E-state index contributed by atoms with van der Waals surface area (Å²) in [4.78, 5) is 19.3. The van der Waals surface area contributed by atoms with Gasteiger partial charge in [-0.2, -0.15) is 13.2 Å². The van der Waals surface area contributed by atoms with Crippen LogP contribution in [0.4, 0.5) is 17.6 Å². The van der Waals surface area contributed by atoms with Gasteiger partial charge in [0.2, 0.25) is 0 Å². The number of amides is 1. The second kappa shape index (κ2) is 10.4. The third-order valence-corrected chi connectivity index (χ3v) is 8.08. The van der Waals surface area contributed by atoms with Crippen molar-refractivity contribution in [2.24, 2.45) is 5.16 Å². The van der Waals surface area contributed by atoms with Crippen molar-refractivity contribution >= 4 is 45.9 Å². The predicted octanol–water partition coefficient (Wildman–Crippen LogP) is 6.23. The molecule has 6 nitrogen and oxygen atoms in total. The summed E-state index contributed by atoms with van der Waals surface area (Å²) in [5.41, 5.74) is -0.799. The number of carbonyl (C=O) groups is 1. The lowest BCUT2D eigenvalue weighted by Gasteiger charge is -2.30. The van der Waals surface area contributed by atoms with Crippen molar-refractivity contribution < 1.29 is 31.4 Å². The minimum absolute atomic E-state index is 0.0232. The topological polar surface area (TPSA) is 71.0 Å². The molecule has 1 amide bonds. The predicted molar refractivity (Wildman–Crippen MR) is 139 cm³/mol. The molecule has 0 saturated heterocycles. The Bertz CT molecular complexity index is 1480. The van der Waals surface area contributed by atoms with Crippen LogP contribution in [0.3, 0.4) is 0 Å². The van der Waals surface area contributed by atoms with Crippen LogP contribution in [0.2, 0.25) is 10.0 Å². The van der Waals surface area contributed by atoms with Crippen molar-refractivity contribution in [3.8, 4) is 0 Å². The van der Waals surface area contributed by atoms with Gasteiger partial charge in [0.1, 0.15) is 16.8 Å². The van der Waals surface area contributed by atoms with Crippen LogP contribution in [0.5, 0.6) is 0 Å². The molecule has 3 aromatic carbocycles. The van der Waals surface area contributed by atoms with Gasteiger partial charge in [0.15, 0.2) is 5.82 Å². The van der Waals surface area contributed by atoms with E-state index in [1.807, 2.05) is 18.2 Å². The van der Waals surface area contributed by atoms with Crippen LogP contribution in [0.15, 0.2) is 65.8 Å². The highest BCUT2D eigenvalue weighted by molar-refractivity contribution is 7.82. The zero-order valence-corrected chi connectivity index (χ0v) is 22.2. The van der Waals surface area contributed by atoms with E-state index in [2.05, 4.69) is 9.88 Å².